The van der Waals surface area contributed by atoms with E-state index >= 15 is 0 Å². The standard InChI is InChI=1S/C16H26N2O3S/c1-6-16(4,5)18-15(19)17-13(3)11-22(20,21)14-9-7-12(2)8-10-14/h7-10,13H,6,11H2,1-5H3,(H2,17,18,19)/t13-/m0/s1. The van der Waals surface area contributed by atoms with Crippen LogP contribution in [0.3, 0.4) is 0 Å². The third kappa shape index (κ3) is 5.67. The van der Waals surface area contributed by atoms with Crippen molar-refractivity contribution in [3.63, 3.8) is 0 Å². The van der Waals surface area contributed by atoms with Crippen molar-refractivity contribution >= 4 is 15.9 Å². The molecule has 0 radical (unpaired) electrons. The number of hydrogen-bond acceptors (Lipinski definition) is 3. The predicted molar refractivity (Wildman–Crippen MR) is 88.7 cm³/mol. The number of rotatable bonds is 6. The van der Waals surface area contributed by atoms with E-state index in [9.17, 15) is 13.2 Å². The summed E-state index contributed by atoms with van der Waals surface area (Å²) >= 11 is 0. The average molecular weight is 326 g/mol. The summed E-state index contributed by atoms with van der Waals surface area (Å²) in [5.74, 6) is -0.129. The molecule has 0 bridgehead atoms. The van der Waals surface area contributed by atoms with E-state index in [1.165, 1.54) is 0 Å². The van der Waals surface area contributed by atoms with Gasteiger partial charge in [-0.2, -0.15) is 0 Å². The molecule has 0 spiro atoms. The van der Waals surface area contributed by atoms with Crippen LogP contribution in [-0.2, 0) is 9.84 Å². The quantitative estimate of drug-likeness (QED) is 0.844. The van der Waals surface area contributed by atoms with Gasteiger partial charge in [0.05, 0.1) is 10.6 Å². The summed E-state index contributed by atoms with van der Waals surface area (Å²) in [6.07, 6.45) is 0.788. The van der Waals surface area contributed by atoms with Gasteiger partial charge in [-0.1, -0.05) is 24.6 Å². The Balaban J connectivity index is 2.66. The van der Waals surface area contributed by atoms with Gasteiger partial charge in [-0.05, 0) is 46.2 Å². The SMILES string of the molecule is CCC(C)(C)NC(=O)N[C@@H](C)CS(=O)(=O)c1ccc(C)cc1. The summed E-state index contributed by atoms with van der Waals surface area (Å²) in [5.41, 5.74) is 0.686. The largest absolute Gasteiger partial charge is 0.335 e. The van der Waals surface area contributed by atoms with Gasteiger partial charge in [-0.15, -0.1) is 0 Å². The molecule has 6 heteroatoms. The van der Waals surface area contributed by atoms with Gasteiger partial charge in [0.2, 0.25) is 0 Å². The Morgan fingerprint density at radius 2 is 1.77 bits per heavy atom. The number of sulfone groups is 1. The first-order valence-corrected chi connectivity index (χ1v) is 9.09. The van der Waals surface area contributed by atoms with Crippen LogP contribution in [0.2, 0.25) is 0 Å². The summed E-state index contributed by atoms with van der Waals surface area (Å²) in [6.45, 7) is 9.40. The summed E-state index contributed by atoms with van der Waals surface area (Å²) < 4.78 is 24.6. The second kappa shape index (κ2) is 7.13. The highest BCUT2D eigenvalue weighted by Gasteiger charge is 2.22. The van der Waals surface area contributed by atoms with Crippen LogP contribution >= 0.6 is 0 Å². The molecule has 0 aromatic heterocycles. The Hall–Kier alpha value is -1.56. The zero-order chi connectivity index (χ0) is 17.0. The summed E-state index contributed by atoms with van der Waals surface area (Å²) in [7, 11) is -3.41. The number of carbonyl (C=O) groups is 1. The molecule has 5 nitrogen and oxygen atoms in total. The van der Waals surface area contributed by atoms with Gasteiger partial charge in [-0.3, -0.25) is 0 Å². The van der Waals surface area contributed by atoms with Crippen LogP contribution < -0.4 is 10.6 Å². The van der Waals surface area contributed by atoms with Crippen molar-refractivity contribution < 1.29 is 13.2 Å². The fourth-order valence-corrected chi connectivity index (χ4v) is 3.35. The van der Waals surface area contributed by atoms with Gasteiger partial charge >= 0.3 is 6.03 Å². The number of carbonyl (C=O) groups excluding carboxylic acids is 1. The maximum absolute atomic E-state index is 12.3. The Bertz CT molecular complexity index is 607. The molecule has 1 rings (SSSR count). The van der Waals surface area contributed by atoms with Crippen LogP contribution in [0.15, 0.2) is 29.2 Å². The van der Waals surface area contributed by atoms with Crippen molar-refractivity contribution in [3.05, 3.63) is 29.8 Å². The van der Waals surface area contributed by atoms with Crippen molar-refractivity contribution in [2.45, 2.75) is 57.5 Å². The molecule has 0 saturated heterocycles. The third-order valence-corrected chi connectivity index (χ3v) is 5.49. The summed E-state index contributed by atoms with van der Waals surface area (Å²) in [6, 6.07) is 5.90. The molecule has 2 N–H and O–H groups in total. The van der Waals surface area contributed by atoms with Crippen molar-refractivity contribution in [2.24, 2.45) is 0 Å². The van der Waals surface area contributed by atoms with E-state index in [0.29, 0.717) is 0 Å². The Morgan fingerprint density at radius 3 is 2.27 bits per heavy atom. The average Bonchev–Trinajstić information content (AvgIpc) is 2.37. The van der Waals surface area contributed by atoms with Crippen LogP contribution in [0.1, 0.15) is 39.7 Å². The lowest BCUT2D eigenvalue weighted by molar-refractivity contribution is 0.226. The van der Waals surface area contributed by atoms with Crippen LogP contribution in [0.5, 0.6) is 0 Å². The van der Waals surface area contributed by atoms with Crippen molar-refractivity contribution in [3.8, 4) is 0 Å². The lowest BCUT2D eigenvalue weighted by Crippen LogP contribution is -2.51. The van der Waals surface area contributed by atoms with Crippen molar-refractivity contribution in [1.82, 2.24) is 10.6 Å². The molecule has 0 aliphatic heterocycles. The molecule has 124 valence electrons. The molecule has 0 heterocycles. The van der Waals surface area contributed by atoms with E-state index in [1.54, 1.807) is 31.2 Å². The van der Waals surface area contributed by atoms with E-state index < -0.39 is 15.9 Å². The highest BCUT2D eigenvalue weighted by Crippen LogP contribution is 2.13. The highest BCUT2D eigenvalue weighted by atomic mass is 32.2. The Labute approximate surface area is 133 Å². The Kier molecular flexibility index (Phi) is 6.00. The zero-order valence-electron chi connectivity index (χ0n) is 13.9. The fraction of sp³-hybridized carbons (Fsp3) is 0.562. The number of nitrogens with one attached hydrogen (secondary N) is 2. The van der Waals surface area contributed by atoms with Crippen LogP contribution in [-0.4, -0.2) is 31.8 Å². The summed E-state index contributed by atoms with van der Waals surface area (Å²) in [4.78, 5) is 12.2. The van der Waals surface area contributed by atoms with Gasteiger partial charge < -0.3 is 10.6 Å². The van der Waals surface area contributed by atoms with Crippen LogP contribution in [0, 0.1) is 6.92 Å². The minimum absolute atomic E-state index is 0.129. The first-order valence-electron chi connectivity index (χ1n) is 7.44. The molecule has 0 fully saturated rings. The molecule has 1 aromatic carbocycles. The third-order valence-electron chi connectivity index (χ3n) is 3.56. The highest BCUT2D eigenvalue weighted by molar-refractivity contribution is 7.91. The van der Waals surface area contributed by atoms with Crippen molar-refractivity contribution in [2.75, 3.05) is 5.75 Å². The molecule has 1 atom stereocenters. The minimum Gasteiger partial charge on any atom is -0.335 e. The van der Waals surface area contributed by atoms with Gasteiger partial charge in [0, 0.05) is 11.6 Å². The molecule has 1 aromatic rings. The van der Waals surface area contributed by atoms with E-state index in [4.69, 9.17) is 0 Å². The van der Waals surface area contributed by atoms with Gasteiger partial charge in [0.1, 0.15) is 0 Å². The number of amides is 2. The number of benzene rings is 1. The van der Waals surface area contributed by atoms with E-state index in [0.717, 1.165) is 12.0 Å². The first kappa shape index (κ1) is 18.5. The molecule has 0 saturated carbocycles. The zero-order valence-corrected chi connectivity index (χ0v) is 14.8. The molecule has 22 heavy (non-hydrogen) atoms. The van der Waals surface area contributed by atoms with E-state index in [-0.39, 0.29) is 22.2 Å². The van der Waals surface area contributed by atoms with Crippen LogP contribution in [0.25, 0.3) is 0 Å². The smallest absolute Gasteiger partial charge is 0.315 e. The van der Waals surface area contributed by atoms with Crippen LogP contribution in [0.4, 0.5) is 4.79 Å². The molecular formula is C16H26N2O3S. The van der Waals surface area contributed by atoms with Gasteiger partial charge in [0.25, 0.3) is 0 Å². The topological polar surface area (TPSA) is 75.3 Å². The number of urea groups is 1. The second-order valence-electron chi connectivity index (χ2n) is 6.33. The van der Waals surface area contributed by atoms with E-state index in [1.807, 2.05) is 27.7 Å². The summed E-state index contributed by atoms with van der Waals surface area (Å²) in [5, 5.41) is 5.50. The predicted octanol–water partition coefficient (Wildman–Crippen LogP) is 2.65. The van der Waals surface area contributed by atoms with Gasteiger partial charge in [-0.25, -0.2) is 13.2 Å². The van der Waals surface area contributed by atoms with Gasteiger partial charge in [0.15, 0.2) is 9.84 Å². The number of hydrogen-bond donors (Lipinski definition) is 2. The maximum Gasteiger partial charge on any atom is 0.315 e. The maximum atomic E-state index is 12.3. The second-order valence-corrected chi connectivity index (χ2v) is 8.37. The molecule has 0 unspecified atom stereocenters. The fourth-order valence-electron chi connectivity index (χ4n) is 1.87. The molecule has 0 aliphatic rings. The lowest BCUT2D eigenvalue weighted by Gasteiger charge is -2.26. The first-order chi connectivity index (χ1) is 10.1. The lowest BCUT2D eigenvalue weighted by atomic mass is 10.0. The van der Waals surface area contributed by atoms with Crippen molar-refractivity contribution in [1.29, 1.82) is 0 Å². The normalized spacial score (nSPS) is 13.5. The molecule has 0 aliphatic carbocycles. The number of aryl methyl sites for hydroxylation is 1. The molecular weight excluding hydrogens is 300 g/mol. The molecule has 2 amide bonds. The van der Waals surface area contributed by atoms with E-state index in [2.05, 4.69) is 10.6 Å². The minimum atomic E-state index is -3.41. The Morgan fingerprint density at radius 1 is 1.23 bits per heavy atom. The monoisotopic (exact) mass is 326 g/mol.